The standard InChI is InChI=1S/C20H27ClN2O4/c1-14(2)27-20-17(21)12-16(13-18(20)26-4)6-7-19(25)23-9-5-8-22(10-11-23)15(3)24/h6-7,12-14H,5,8-11H2,1-4H3/b7-6+. The average molecular weight is 395 g/mol. The number of carbonyl (C=O) groups is 2. The minimum absolute atomic E-state index is 0.0306. The van der Waals surface area contributed by atoms with Gasteiger partial charge >= 0.3 is 0 Å². The summed E-state index contributed by atoms with van der Waals surface area (Å²) in [5, 5.41) is 0.432. The van der Waals surface area contributed by atoms with Gasteiger partial charge in [-0.2, -0.15) is 0 Å². The Hall–Kier alpha value is -2.21. The number of rotatable bonds is 5. The molecule has 7 heteroatoms. The third-order valence-electron chi connectivity index (χ3n) is 4.28. The summed E-state index contributed by atoms with van der Waals surface area (Å²) in [5.41, 5.74) is 0.751. The summed E-state index contributed by atoms with van der Waals surface area (Å²) in [5.74, 6) is 0.980. The Bertz CT molecular complexity index is 718. The number of methoxy groups -OCH3 is 1. The quantitative estimate of drug-likeness (QED) is 0.719. The second kappa shape index (κ2) is 9.65. The van der Waals surface area contributed by atoms with Crippen LogP contribution in [0.3, 0.4) is 0 Å². The summed E-state index contributed by atoms with van der Waals surface area (Å²) in [6.07, 6.45) is 3.98. The predicted octanol–water partition coefficient (Wildman–Crippen LogP) is 3.23. The van der Waals surface area contributed by atoms with Crippen LogP contribution in [-0.2, 0) is 9.59 Å². The molecule has 0 saturated carbocycles. The first-order valence-electron chi connectivity index (χ1n) is 9.08. The zero-order valence-electron chi connectivity index (χ0n) is 16.3. The summed E-state index contributed by atoms with van der Waals surface area (Å²) in [7, 11) is 1.55. The molecule has 0 radical (unpaired) electrons. The van der Waals surface area contributed by atoms with Gasteiger partial charge in [0.05, 0.1) is 18.2 Å². The lowest BCUT2D eigenvalue weighted by Gasteiger charge is -2.20. The molecule has 1 heterocycles. The molecular formula is C20H27ClN2O4. The van der Waals surface area contributed by atoms with Crippen LogP contribution in [0.4, 0.5) is 0 Å². The molecule has 1 fully saturated rings. The molecule has 1 saturated heterocycles. The van der Waals surface area contributed by atoms with Crippen LogP contribution < -0.4 is 9.47 Å². The van der Waals surface area contributed by atoms with Crippen LogP contribution in [-0.4, -0.2) is 61.0 Å². The molecule has 6 nitrogen and oxygen atoms in total. The van der Waals surface area contributed by atoms with Gasteiger partial charge in [-0.15, -0.1) is 0 Å². The van der Waals surface area contributed by atoms with Crippen molar-refractivity contribution in [3.8, 4) is 11.5 Å². The zero-order chi connectivity index (χ0) is 20.0. The van der Waals surface area contributed by atoms with E-state index >= 15 is 0 Å². The first-order chi connectivity index (χ1) is 12.8. The van der Waals surface area contributed by atoms with E-state index in [1.54, 1.807) is 42.0 Å². The molecule has 148 valence electrons. The Morgan fingerprint density at radius 1 is 1.15 bits per heavy atom. The summed E-state index contributed by atoms with van der Waals surface area (Å²) in [4.78, 5) is 27.5. The molecule has 27 heavy (non-hydrogen) atoms. The lowest BCUT2D eigenvalue weighted by atomic mass is 10.1. The van der Waals surface area contributed by atoms with E-state index in [0.717, 1.165) is 12.0 Å². The van der Waals surface area contributed by atoms with E-state index in [4.69, 9.17) is 21.1 Å². The van der Waals surface area contributed by atoms with Gasteiger partial charge in [-0.25, -0.2) is 0 Å². The fraction of sp³-hybridized carbons (Fsp3) is 0.500. The van der Waals surface area contributed by atoms with Gasteiger partial charge in [0.15, 0.2) is 11.5 Å². The van der Waals surface area contributed by atoms with Crippen molar-refractivity contribution in [2.75, 3.05) is 33.3 Å². The molecule has 0 bridgehead atoms. The van der Waals surface area contributed by atoms with Crippen molar-refractivity contribution in [1.29, 1.82) is 0 Å². The van der Waals surface area contributed by atoms with Gasteiger partial charge in [-0.1, -0.05) is 11.6 Å². The summed E-state index contributed by atoms with van der Waals surface area (Å²) < 4.78 is 11.1. The van der Waals surface area contributed by atoms with Gasteiger partial charge in [0, 0.05) is 39.2 Å². The second-order valence-electron chi connectivity index (χ2n) is 6.72. The number of nitrogens with zero attached hydrogens (tertiary/aromatic N) is 2. The molecule has 0 N–H and O–H groups in total. The molecule has 1 aliphatic heterocycles. The van der Waals surface area contributed by atoms with Gasteiger partial charge in [0.1, 0.15) is 0 Å². The van der Waals surface area contributed by atoms with Crippen molar-refractivity contribution >= 4 is 29.5 Å². The fourth-order valence-corrected chi connectivity index (χ4v) is 3.18. The van der Waals surface area contributed by atoms with Gasteiger partial charge in [-0.3, -0.25) is 9.59 Å². The van der Waals surface area contributed by atoms with Crippen molar-refractivity contribution < 1.29 is 19.1 Å². The number of amides is 2. The van der Waals surface area contributed by atoms with E-state index in [2.05, 4.69) is 0 Å². The lowest BCUT2D eigenvalue weighted by Crippen LogP contribution is -2.35. The van der Waals surface area contributed by atoms with Crippen molar-refractivity contribution in [3.05, 3.63) is 28.8 Å². The van der Waals surface area contributed by atoms with Crippen LogP contribution in [0.15, 0.2) is 18.2 Å². The fourth-order valence-electron chi connectivity index (χ4n) is 2.91. The normalized spacial score (nSPS) is 15.2. The highest BCUT2D eigenvalue weighted by Gasteiger charge is 2.19. The number of hydrogen-bond donors (Lipinski definition) is 0. The Kier molecular flexibility index (Phi) is 7.54. The van der Waals surface area contributed by atoms with Gasteiger partial charge < -0.3 is 19.3 Å². The van der Waals surface area contributed by atoms with Crippen molar-refractivity contribution in [1.82, 2.24) is 9.80 Å². The number of halogens is 1. The molecule has 0 unspecified atom stereocenters. The SMILES string of the molecule is COc1cc(/C=C/C(=O)N2CCCN(C(C)=O)CC2)cc(Cl)c1OC(C)C. The van der Waals surface area contributed by atoms with Crippen LogP contribution in [0.5, 0.6) is 11.5 Å². The zero-order valence-corrected chi connectivity index (χ0v) is 17.1. The molecule has 2 rings (SSSR count). The molecule has 0 aliphatic carbocycles. The monoisotopic (exact) mass is 394 g/mol. The smallest absolute Gasteiger partial charge is 0.246 e. The Labute approximate surface area is 165 Å². The summed E-state index contributed by atoms with van der Waals surface area (Å²) >= 11 is 6.32. The summed E-state index contributed by atoms with van der Waals surface area (Å²) in [6.45, 7) is 7.81. The topological polar surface area (TPSA) is 59.1 Å². The van der Waals surface area contributed by atoms with Crippen LogP contribution in [0, 0.1) is 0 Å². The highest BCUT2D eigenvalue weighted by atomic mass is 35.5. The number of benzene rings is 1. The largest absolute Gasteiger partial charge is 0.493 e. The number of carbonyl (C=O) groups excluding carboxylic acids is 2. The third-order valence-corrected chi connectivity index (χ3v) is 4.56. The molecule has 0 aromatic heterocycles. The van der Waals surface area contributed by atoms with Crippen LogP contribution in [0.1, 0.15) is 32.8 Å². The van der Waals surface area contributed by atoms with Crippen molar-refractivity contribution in [2.45, 2.75) is 33.3 Å². The first kappa shape index (κ1) is 21.1. The highest BCUT2D eigenvalue weighted by molar-refractivity contribution is 6.32. The van der Waals surface area contributed by atoms with Crippen LogP contribution >= 0.6 is 11.6 Å². The minimum atomic E-state index is -0.0852. The Morgan fingerprint density at radius 2 is 1.81 bits per heavy atom. The maximum absolute atomic E-state index is 12.5. The minimum Gasteiger partial charge on any atom is -0.493 e. The van der Waals surface area contributed by atoms with Crippen LogP contribution in [0.2, 0.25) is 5.02 Å². The maximum atomic E-state index is 12.5. The van der Waals surface area contributed by atoms with Gasteiger partial charge in [0.2, 0.25) is 11.8 Å². The molecule has 0 atom stereocenters. The molecule has 1 aliphatic rings. The van der Waals surface area contributed by atoms with E-state index in [1.807, 2.05) is 13.8 Å². The van der Waals surface area contributed by atoms with Gasteiger partial charge in [0.25, 0.3) is 0 Å². The average Bonchev–Trinajstić information content (AvgIpc) is 2.87. The number of hydrogen-bond acceptors (Lipinski definition) is 4. The van der Waals surface area contributed by atoms with Gasteiger partial charge in [-0.05, 0) is 44.0 Å². The van der Waals surface area contributed by atoms with E-state index in [1.165, 1.54) is 6.08 Å². The number of ether oxygens (including phenoxy) is 2. The second-order valence-corrected chi connectivity index (χ2v) is 7.13. The van der Waals surface area contributed by atoms with Crippen molar-refractivity contribution in [2.24, 2.45) is 0 Å². The summed E-state index contributed by atoms with van der Waals surface area (Å²) in [6, 6.07) is 3.53. The van der Waals surface area contributed by atoms with Crippen LogP contribution in [0.25, 0.3) is 6.08 Å². The Morgan fingerprint density at radius 3 is 2.44 bits per heavy atom. The Balaban J connectivity index is 2.09. The first-order valence-corrected chi connectivity index (χ1v) is 9.46. The van der Waals surface area contributed by atoms with E-state index in [9.17, 15) is 9.59 Å². The van der Waals surface area contributed by atoms with Crippen molar-refractivity contribution in [3.63, 3.8) is 0 Å². The van der Waals surface area contributed by atoms with E-state index in [0.29, 0.717) is 42.7 Å². The third kappa shape index (κ3) is 5.89. The molecule has 0 spiro atoms. The van der Waals surface area contributed by atoms with E-state index < -0.39 is 0 Å². The lowest BCUT2D eigenvalue weighted by molar-refractivity contribution is -0.130. The molecular weight excluding hydrogens is 368 g/mol. The van der Waals surface area contributed by atoms with E-state index in [-0.39, 0.29) is 17.9 Å². The predicted molar refractivity (Wildman–Crippen MR) is 106 cm³/mol. The molecule has 1 aromatic carbocycles. The highest BCUT2D eigenvalue weighted by Crippen LogP contribution is 2.37. The maximum Gasteiger partial charge on any atom is 0.246 e. The molecule has 2 amide bonds. The molecule has 1 aromatic rings.